The van der Waals surface area contributed by atoms with Gasteiger partial charge in [0.2, 0.25) is 5.91 Å². The molecule has 0 unspecified atom stereocenters. The van der Waals surface area contributed by atoms with E-state index in [9.17, 15) is 9.18 Å². The zero-order valence-electron chi connectivity index (χ0n) is 20.2. The van der Waals surface area contributed by atoms with Crippen molar-refractivity contribution in [3.8, 4) is 5.75 Å². The zero-order valence-corrected chi connectivity index (χ0v) is 20.2. The number of anilines is 1. The quantitative estimate of drug-likeness (QED) is 0.403. The lowest BCUT2D eigenvalue weighted by Crippen LogP contribution is -2.66. The third-order valence-corrected chi connectivity index (χ3v) is 7.90. The molecule has 6 rings (SSSR count). The fraction of sp³-hybridized carbons (Fsp3) is 0.367. The molecule has 0 bridgehead atoms. The maximum atomic E-state index is 13.7. The molecule has 3 aromatic rings. The highest BCUT2D eigenvalue weighted by molar-refractivity contribution is 6.06. The monoisotopic (exact) mass is 487 g/mol. The lowest BCUT2D eigenvalue weighted by Gasteiger charge is -2.60. The number of rotatable bonds is 5. The Morgan fingerprint density at radius 3 is 2.19 bits per heavy atom. The molecule has 2 spiro atoms. The normalized spacial score (nSPS) is 22.4. The summed E-state index contributed by atoms with van der Waals surface area (Å²) >= 11 is 0. The maximum absolute atomic E-state index is 13.7. The van der Waals surface area contributed by atoms with Crippen molar-refractivity contribution in [2.45, 2.75) is 50.5 Å². The van der Waals surface area contributed by atoms with Crippen molar-refractivity contribution in [2.75, 3.05) is 18.1 Å². The third kappa shape index (κ3) is 4.08. The zero-order chi connectivity index (χ0) is 24.6. The Labute approximate surface area is 210 Å². The van der Waals surface area contributed by atoms with Crippen LogP contribution in [0.2, 0.25) is 0 Å². The third-order valence-electron chi connectivity index (χ3n) is 7.90. The van der Waals surface area contributed by atoms with Crippen LogP contribution in [-0.4, -0.2) is 24.9 Å². The largest absolute Gasteiger partial charge is 0.489 e. The number of hydrogen-bond acceptors (Lipinski definition) is 4. The molecule has 186 valence electrons. The lowest BCUT2D eigenvalue weighted by atomic mass is 9.59. The first-order chi connectivity index (χ1) is 17.6. The first kappa shape index (κ1) is 23.2. The van der Waals surface area contributed by atoms with Crippen molar-refractivity contribution in [2.24, 2.45) is 5.41 Å². The second-order valence-corrected chi connectivity index (χ2v) is 10.0. The molecule has 0 radical (unpaired) electrons. The minimum atomic E-state index is -0.556. The van der Waals surface area contributed by atoms with E-state index in [1.807, 2.05) is 59.5 Å². The molecular formula is C30H30FNO4. The molecule has 36 heavy (non-hydrogen) atoms. The molecule has 1 amide bonds. The van der Waals surface area contributed by atoms with E-state index in [2.05, 4.69) is 0 Å². The number of ether oxygens (including phenoxy) is 3. The van der Waals surface area contributed by atoms with Gasteiger partial charge in [-0.3, -0.25) is 4.79 Å². The van der Waals surface area contributed by atoms with Crippen LogP contribution in [0.25, 0.3) is 0 Å². The molecule has 6 heteroatoms. The highest BCUT2D eigenvalue weighted by Crippen LogP contribution is 2.61. The van der Waals surface area contributed by atoms with E-state index in [1.54, 1.807) is 12.1 Å². The van der Waals surface area contributed by atoms with Gasteiger partial charge in [-0.05, 0) is 66.8 Å². The van der Waals surface area contributed by atoms with Crippen LogP contribution in [0, 0.1) is 11.2 Å². The van der Waals surface area contributed by atoms with Crippen LogP contribution in [-0.2, 0) is 20.9 Å². The van der Waals surface area contributed by atoms with Gasteiger partial charge in [0.25, 0.3) is 0 Å². The highest BCUT2D eigenvalue weighted by Gasteiger charge is 2.64. The minimum absolute atomic E-state index is 0.0918. The van der Waals surface area contributed by atoms with E-state index < -0.39 is 11.2 Å². The van der Waals surface area contributed by atoms with E-state index >= 15 is 0 Å². The average Bonchev–Trinajstić information content (AvgIpc) is 2.93. The van der Waals surface area contributed by atoms with Gasteiger partial charge in [-0.25, -0.2) is 4.39 Å². The van der Waals surface area contributed by atoms with Crippen LogP contribution >= 0.6 is 0 Å². The second-order valence-electron chi connectivity index (χ2n) is 10.0. The van der Waals surface area contributed by atoms with Crippen LogP contribution in [0.1, 0.15) is 49.3 Å². The summed E-state index contributed by atoms with van der Waals surface area (Å²) in [6.45, 7) is 1.91. The molecular weight excluding hydrogens is 457 g/mol. The van der Waals surface area contributed by atoms with E-state index in [-0.39, 0.29) is 17.8 Å². The van der Waals surface area contributed by atoms with E-state index in [1.165, 1.54) is 12.1 Å². The predicted octanol–water partition coefficient (Wildman–Crippen LogP) is 6.19. The maximum Gasteiger partial charge on any atom is 0.236 e. The molecule has 0 N–H and O–H groups in total. The topological polar surface area (TPSA) is 48.0 Å². The molecule has 3 aromatic carbocycles. The van der Waals surface area contributed by atoms with E-state index in [0.29, 0.717) is 51.2 Å². The van der Waals surface area contributed by atoms with Gasteiger partial charge in [-0.2, -0.15) is 0 Å². The van der Waals surface area contributed by atoms with Crippen LogP contribution in [0.4, 0.5) is 10.1 Å². The number of halogens is 1. The molecule has 2 heterocycles. The molecule has 0 aromatic heterocycles. The number of β-lactam (4-membered cyclic amide) rings is 1. The molecule has 1 saturated carbocycles. The van der Waals surface area contributed by atoms with Crippen molar-refractivity contribution in [1.29, 1.82) is 0 Å². The number of carbonyl (C=O) groups is 1. The Morgan fingerprint density at radius 2 is 1.53 bits per heavy atom. The average molecular weight is 488 g/mol. The van der Waals surface area contributed by atoms with Gasteiger partial charge in [0.05, 0.1) is 24.7 Å². The summed E-state index contributed by atoms with van der Waals surface area (Å²) in [5.74, 6) is 0.000242. The Kier molecular flexibility index (Phi) is 6.02. The van der Waals surface area contributed by atoms with Gasteiger partial charge < -0.3 is 19.1 Å². The van der Waals surface area contributed by atoms with E-state index in [0.717, 1.165) is 23.3 Å². The SMILES string of the molecule is O=C1N(c2ccc(F)cc2)[C@H](c2ccc(OCc3ccccc3)cc2)C12CCC1(CC2)OCCCO1. The number of amides is 1. The molecule has 2 aliphatic heterocycles. The van der Waals surface area contributed by atoms with Crippen LogP contribution in [0.15, 0.2) is 78.9 Å². The molecule has 3 fully saturated rings. The Hall–Kier alpha value is -3.22. The van der Waals surface area contributed by atoms with Gasteiger partial charge in [0.1, 0.15) is 18.2 Å². The number of nitrogens with zero attached hydrogens (tertiary/aromatic N) is 1. The summed E-state index contributed by atoms with van der Waals surface area (Å²) in [5.41, 5.74) is 2.35. The van der Waals surface area contributed by atoms with Gasteiger partial charge in [-0.15, -0.1) is 0 Å². The smallest absolute Gasteiger partial charge is 0.236 e. The van der Waals surface area contributed by atoms with Crippen LogP contribution in [0.5, 0.6) is 5.75 Å². The van der Waals surface area contributed by atoms with Gasteiger partial charge in [0, 0.05) is 18.5 Å². The minimum Gasteiger partial charge on any atom is -0.489 e. The van der Waals surface area contributed by atoms with Crippen molar-refractivity contribution in [3.63, 3.8) is 0 Å². The first-order valence-electron chi connectivity index (χ1n) is 12.7. The second kappa shape index (κ2) is 9.34. The summed E-state index contributed by atoms with van der Waals surface area (Å²) in [5, 5.41) is 0. The van der Waals surface area contributed by atoms with Crippen LogP contribution < -0.4 is 9.64 Å². The molecule has 1 aliphatic carbocycles. The standard InChI is InChI=1S/C30H30FNO4/c31-24-9-11-25(12-10-24)32-27(23-7-13-26(14-8-23)34-21-22-5-2-1-3-6-22)29(28(32)33)15-17-30(18-16-29)35-19-4-20-36-30/h1-3,5-14,27H,4,15-21H2/t27-/m1/s1. The van der Waals surface area contributed by atoms with Gasteiger partial charge >= 0.3 is 0 Å². The Bertz CT molecular complexity index is 1200. The lowest BCUT2D eigenvalue weighted by molar-refractivity contribution is -0.289. The summed E-state index contributed by atoms with van der Waals surface area (Å²) in [7, 11) is 0. The number of hydrogen-bond donors (Lipinski definition) is 0. The van der Waals surface area contributed by atoms with Crippen molar-refractivity contribution in [3.05, 3.63) is 95.8 Å². The van der Waals surface area contributed by atoms with Gasteiger partial charge in [-0.1, -0.05) is 42.5 Å². The summed E-state index contributed by atoms with van der Waals surface area (Å²) in [6, 6.07) is 24.1. The van der Waals surface area contributed by atoms with Crippen molar-refractivity contribution >= 4 is 11.6 Å². The molecule has 5 nitrogen and oxygen atoms in total. The summed E-state index contributed by atoms with van der Waals surface area (Å²) in [4.78, 5) is 15.6. The number of benzene rings is 3. The summed E-state index contributed by atoms with van der Waals surface area (Å²) < 4.78 is 31.7. The highest BCUT2D eigenvalue weighted by atomic mass is 19.1. The Balaban J connectivity index is 1.26. The first-order valence-corrected chi connectivity index (χ1v) is 12.7. The Morgan fingerprint density at radius 1 is 0.861 bits per heavy atom. The molecule has 2 saturated heterocycles. The fourth-order valence-electron chi connectivity index (χ4n) is 5.95. The van der Waals surface area contributed by atoms with Crippen LogP contribution in [0.3, 0.4) is 0 Å². The van der Waals surface area contributed by atoms with E-state index in [4.69, 9.17) is 14.2 Å². The van der Waals surface area contributed by atoms with Gasteiger partial charge in [0.15, 0.2) is 5.79 Å². The fourth-order valence-corrected chi connectivity index (χ4v) is 5.95. The predicted molar refractivity (Wildman–Crippen MR) is 134 cm³/mol. The summed E-state index contributed by atoms with van der Waals surface area (Å²) in [6.07, 6.45) is 3.70. The van der Waals surface area contributed by atoms with Crippen molar-refractivity contribution in [1.82, 2.24) is 0 Å². The molecule has 3 aliphatic rings. The molecule has 1 atom stereocenters. The number of carbonyl (C=O) groups excluding carboxylic acids is 1. The van der Waals surface area contributed by atoms with Crippen molar-refractivity contribution < 1.29 is 23.4 Å².